The van der Waals surface area contributed by atoms with Crippen LogP contribution < -0.4 is 0 Å². The highest BCUT2D eigenvalue weighted by molar-refractivity contribution is 9.10. The van der Waals surface area contributed by atoms with E-state index >= 15 is 0 Å². The molecule has 1 aromatic heterocycles. The summed E-state index contributed by atoms with van der Waals surface area (Å²) in [6.07, 6.45) is 0. The minimum atomic E-state index is -0.125. The molecule has 78 valence electrons. The highest BCUT2D eigenvalue weighted by Gasteiger charge is 2.09. The number of nitrogens with zero attached hydrogens (tertiary/aromatic N) is 1. The van der Waals surface area contributed by atoms with Gasteiger partial charge in [-0.2, -0.15) is 0 Å². The Kier molecular flexibility index (Phi) is 2.88. The normalized spacial score (nSPS) is 10.6. The minimum absolute atomic E-state index is 0.125. The van der Waals surface area contributed by atoms with Gasteiger partial charge in [-0.3, -0.25) is 0 Å². The quantitative estimate of drug-likeness (QED) is 0.910. The second kappa shape index (κ2) is 4.16. The molecule has 2 aromatic rings. The summed E-state index contributed by atoms with van der Waals surface area (Å²) in [7, 11) is 0. The Bertz CT molecular complexity index is 479. The molecule has 4 heteroatoms. The van der Waals surface area contributed by atoms with Crippen LogP contribution in [0.15, 0.2) is 33.3 Å². The molecule has 0 unspecified atom stereocenters. The highest BCUT2D eigenvalue weighted by atomic mass is 79.9. The van der Waals surface area contributed by atoms with Crippen LogP contribution in [-0.2, 0) is 6.61 Å². The van der Waals surface area contributed by atoms with Crippen molar-refractivity contribution >= 4 is 15.9 Å². The zero-order valence-electron chi connectivity index (χ0n) is 8.20. The number of aromatic nitrogens is 1. The third-order valence-electron chi connectivity index (χ3n) is 2.26. The first-order chi connectivity index (χ1) is 7.22. The van der Waals surface area contributed by atoms with Gasteiger partial charge in [0.1, 0.15) is 12.3 Å². The van der Waals surface area contributed by atoms with Gasteiger partial charge < -0.3 is 9.63 Å². The van der Waals surface area contributed by atoms with Crippen LogP contribution in [0.25, 0.3) is 11.3 Å². The van der Waals surface area contributed by atoms with E-state index in [9.17, 15) is 0 Å². The molecule has 3 nitrogen and oxygen atoms in total. The Labute approximate surface area is 95.8 Å². The first-order valence-corrected chi connectivity index (χ1v) is 5.33. The SMILES string of the molecule is Cc1c(Br)cccc1-c1cc(CO)on1. The zero-order chi connectivity index (χ0) is 10.8. The number of hydrogen-bond donors (Lipinski definition) is 1. The van der Waals surface area contributed by atoms with Gasteiger partial charge in [-0.1, -0.05) is 33.2 Å². The summed E-state index contributed by atoms with van der Waals surface area (Å²) in [6, 6.07) is 7.64. The van der Waals surface area contributed by atoms with Gasteiger partial charge in [-0.05, 0) is 18.6 Å². The molecule has 1 aromatic carbocycles. The molecule has 15 heavy (non-hydrogen) atoms. The number of halogens is 1. The summed E-state index contributed by atoms with van der Waals surface area (Å²) in [4.78, 5) is 0. The number of aliphatic hydroxyl groups excluding tert-OH is 1. The van der Waals surface area contributed by atoms with E-state index in [0.717, 1.165) is 21.3 Å². The summed E-state index contributed by atoms with van der Waals surface area (Å²) in [5, 5.41) is 12.8. The lowest BCUT2D eigenvalue weighted by Crippen LogP contribution is -1.83. The van der Waals surface area contributed by atoms with E-state index in [0.29, 0.717) is 5.76 Å². The molecule has 0 spiro atoms. The second-order valence-electron chi connectivity index (χ2n) is 3.25. The Balaban J connectivity index is 2.49. The first kappa shape index (κ1) is 10.4. The fourth-order valence-corrected chi connectivity index (χ4v) is 1.77. The molecule has 0 saturated carbocycles. The molecule has 2 rings (SSSR count). The predicted molar refractivity (Wildman–Crippen MR) is 60.3 cm³/mol. The van der Waals surface area contributed by atoms with Crippen molar-refractivity contribution in [3.8, 4) is 11.3 Å². The molecule has 1 heterocycles. The predicted octanol–water partition coefficient (Wildman–Crippen LogP) is 2.90. The van der Waals surface area contributed by atoms with Gasteiger partial charge in [0.05, 0.1) is 0 Å². The van der Waals surface area contributed by atoms with Crippen molar-refractivity contribution in [2.75, 3.05) is 0 Å². The zero-order valence-corrected chi connectivity index (χ0v) is 9.78. The average molecular weight is 268 g/mol. The summed E-state index contributed by atoms with van der Waals surface area (Å²) in [5.74, 6) is 0.476. The van der Waals surface area contributed by atoms with Crippen molar-refractivity contribution in [3.05, 3.63) is 40.1 Å². The third-order valence-corrected chi connectivity index (χ3v) is 3.12. The Morgan fingerprint density at radius 1 is 1.47 bits per heavy atom. The lowest BCUT2D eigenvalue weighted by atomic mass is 10.1. The van der Waals surface area contributed by atoms with Crippen molar-refractivity contribution in [2.24, 2.45) is 0 Å². The number of aliphatic hydroxyl groups is 1. The van der Waals surface area contributed by atoms with E-state index in [2.05, 4.69) is 21.1 Å². The smallest absolute Gasteiger partial charge is 0.162 e. The van der Waals surface area contributed by atoms with Crippen molar-refractivity contribution in [3.63, 3.8) is 0 Å². The van der Waals surface area contributed by atoms with Crippen LogP contribution in [0.5, 0.6) is 0 Å². The summed E-state index contributed by atoms with van der Waals surface area (Å²) in [6.45, 7) is 1.88. The Morgan fingerprint density at radius 2 is 2.27 bits per heavy atom. The van der Waals surface area contributed by atoms with Crippen LogP contribution >= 0.6 is 15.9 Å². The van der Waals surface area contributed by atoms with Gasteiger partial charge in [-0.15, -0.1) is 0 Å². The summed E-state index contributed by atoms with van der Waals surface area (Å²) >= 11 is 3.46. The molecule has 0 aliphatic carbocycles. The molecule has 0 bridgehead atoms. The van der Waals surface area contributed by atoms with Crippen LogP contribution in [0.3, 0.4) is 0 Å². The largest absolute Gasteiger partial charge is 0.388 e. The lowest BCUT2D eigenvalue weighted by molar-refractivity contribution is 0.229. The standard InChI is InChI=1S/C11H10BrNO2/c1-7-9(3-2-4-10(7)12)11-5-8(6-14)15-13-11/h2-5,14H,6H2,1H3. The molecule has 0 amide bonds. The van der Waals surface area contributed by atoms with Crippen LogP contribution in [0, 0.1) is 6.92 Å². The maximum Gasteiger partial charge on any atom is 0.162 e. The topological polar surface area (TPSA) is 46.3 Å². The van der Waals surface area contributed by atoms with Gasteiger partial charge in [0.15, 0.2) is 5.76 Å². The number of rotatable bonds is 2. The maximum atomic E-state index is 8.88. The van der Waals surface area contributed by atoms with E-state index in [1.807, 2.05) is 25.1 Å². The highest BCUT2D eigenvalue weighted by Crippen LogP contribution is 2.28. The molecule has 0 atom stereocenters. The monoisotopic (exact) mass is 267 g/mol. The molecule has 0 radical (unpaired) electrons. The average Bonchev–Trinajstić information content (AvgIpc) is 2.70. The van der Waals surface area contributed by atoms with E-state index in [1.165, 1.54) is 0 Å². The number of hydrogen-bond acceptors (Lipinski definition) is 3. The molecule has 0 aliphatic rings. The van der Waals surface area contributed by atoms with E-state index in [1.54, 1.807) is 6.07 Å². The fraction of sp³-hybridized carbons (Fsp3) is 0.182. The molecule has 1 N–H and O–H groups in total. The van der Waals surface area contributed by atoms with Gasteiger partial charge in [0.2, 0.25) is 0 Å². The van der Waals surface area contributed by atoms with E-state index in [-0.39, 0.29) is 6.61 Å². The van der Waals surface area contributed by atoms with Crippen molar-refractivity contribution in [1.29, 1.82) is 0 Å². The molecular weight excluding hydrogens is 258 g/mol. The summed E-state index contributed by atoms with van der Waals surface area (Å²) in [5.41, 5.74) is 2.86. The first-order valence-electron chi connectivity index (χ1n) is 4.54. The molecule has 0 aliphatic heterocycles. The Morgan fingerprint density at radius 3 is 2.93 bits per heavy atom. The van der Waals surface area contributed by atoms with Crippen molar-refractivity contribution in [2.45, 2.75) is 13.5 Å². The lowest BCUT2D eigenvalue weighted by Gasteiger charge is -2.02. The van der Waals surface area contributed by atoms with Crippen LogP contribution in [0.4, 0.5) is 0 Å². The second-order valence-corrected chi connectivity index (χ2v) is 4.10. The van der Waals surface area contributed by atoms with Gasteiger partial charge in [-0.25, -0.2) is 0 Å². The van der Waals surface area contributed by atoms with Gasteiger partial charge in [0.25, 0.3) is 0 Å². The van der Waals surface area contributed by atoms with Crippen LogP contribution in [0.1, 0.15) is 11.3 Å². The van der Waals surface area contributed by atoms with Gasteiger partial charge in [0, 0.05) is 16.1 Å². The maximum absolute atomic E-state index is 8.88. The van der Waals surface area contributed by atoms with E-state index < -0.39 is 0 Å². The van der Waals surface area contributed by atoms with Crippen molar-refractivity contribution in [1.82, 2.24) is 5.16 Å². The van der Waals surface area contributed by atoms with Crippen LogP contribution in [-0.4, -0.2) is 10.3 Å². The molecule has 0 fully saturated rings. The minimum Gasteiger partial charge on any atom is -0.388 e. The van der Waals surface area contributed by atoms with Gasteiger partial charge >= 0.3 is 0 Å². The third kappa shape index (κ3) is 1.96. The molecule has 0 saturated heterocycles. The summed E-state index contributed by atoms with van der Waals surface area (Å²) < 4.78 is 5.98. The Hall–Kier alpha value is -1.13. The van der Waals surface area contributed by atoms with Crippen molar-refractivity contribution < 1.29 is 9.63 Å². The molecular formula is C11H10BrNO2. The van der Waals surface area contributed by atoms with Crippen LogP contribution in [0.2, 0.25) is 0 Å². The fourth-order valence-electron chi connectivity index (χ4n) is 1.40. The van der Waals surface area contributed by atoms with E-state index in [4.69, 9.17) is 9.63 Å². The number of benzene rings is 1.